The van der Waals surface area contributed by atoms with Gasteiger partial charge >= 0.3 is 0 Å². The molecule has 0 radical (unpaired) electrons. The summed E-state index contributed by atoms with van der Waals surface area (Å²) in [7, 11) is 0. The highest BCUT2D eigenvalue weighted by Crippen LogP contribution is 2.35. The Morgan fingerprint density at radius 1 is 1.11 bits per heavy atom. The smallest absolute Gasteiger partial charge is 0.232 e. The van der Waals surface area contributed by atoms with E-state index in [-0.39, 0.29) is 12.4 Å². The van der Waals surface area contributed by atoms with E-state index < -0.39 is 5.79 Å². The molecule has 4 nitrogen and oxygen atoms in total. The third-order valence-electron chi connectivity index (χ3n) is 3.06. The Morgan fingerprint density at radius 3 is 2.63 bits per heavy atom. The number of fused-ring (bicyclic) bond motifs is 1. The van der Waals surface area contributed by atoms with Crippen LogP contribution in [0.4, 0.5) is 0 Å². The molecule has 2 aliphatic heterocycles. The fraction of sp³-hybridized carbons (Fsp3) is 0.467. The number of benzene rings is 1. The number of hydrogen-bond acceptors (Lipinski definition) is 4. The fourth-order valence-electron chi connectivity index (χ4n) is 2.26. The maximum atomic E-state index is 5.69. The van der Waals surface area contributed by atoms with Crippen LogP contribution in [0.5, 0.6) is 0 Å². The Hall–Kier alpha value is -1.36. The summed E-state index contributed by atoms with van der Waals surface area (Å²) in [6, 6.07) is 10.1. The third kappa shape index (κ3) is 2.97. The van der Waals surface area contributed by atoms with Crippen molar-refractivity contribution in [3.63, 3.8) is 0 Å². The number of ether oxygens (including phenoxy) is 4. The van der Waals surface area contributed by atoms with Crippen molar-refractivity contribution >= 4 is 0 Å². The molecule has 2 aliphatic rings. The van der Waals surface area contributed by atoms with Gasteiger partial charge in [-0.2, -0.15) is 0 Å². The van der Waals surface area contributed by atoms with E-state index in [0.717, 1.165) is 11.3 Å². The van der Waals surface area contributed by atoms with Gasteiger partial charge in [0.15, 0.2) is 5.79 Å². The van der Waals surface area contributed by atoms with Crippen molar-refractivity contribution in [2.24, 2.45) is 0 Å². The van der Waals surface area contributed by atoms with E-state index in [1.807, 2.05) is 50.3 Å². The topological polar surface area (TPSA) is 36.9 Å². The van der Waals surface area contributed by atoms with Crippen LogP contribution in [-0.2, 0) is 25.6 Å². The summed E-state index contributed by atoms with van der Waals surface area (Å²) in [4.78, 5) is 0. The molecule has 1 saturated heterocycles. The molecule has 102 valence electrons. The molecule has 3 rings (SSSR count). The molecule has 1 fully saturated rings. The first kappa shape index (κ1) is 12.7. The van der Waals surface area contributed by atoms with Gasteiger partial charge in [-0.05, 0) is 25.5 Å². The van der Waals surface area contributed by atoms with Crippen molar-refractivity contribution in [3.8, 4) is 0 Å². The van der Waals surface area contributed by atoms with Crippen molar-refractivity contribution in [2.75, 3.05) is 6.61 Å². The number of rotatable bonds is 4. The van der Waals surface area contributed by atoms with Crippen molar-refractivity contribution in [1.82, 2.24) is 0 Å². The Labute approximate surface area is 112 Å². The van der Waals surface area contributed by atoms with Crippen LogP contribution >= 0.6 is 0 Å². The van der Waals surface area contributed by atoms with Crippen LogP contribution in [0.2, 0.25) is 0 Å². The molecule has 2 heterocycles. The van der Waals surface area contributed by atoms with Crippen molar-refractivity contribution < 1.29 is 18.9 Å². The number of hydrogen-bond donors (Lipinski definition) is 0. The van der Waals surface area contributed by atoms with Crippen LogP contribution in [0.15, 0.2) is 42.2 Å². The minimum Gasteiger partial charge on any atom is -0.464 e. The molecule has 0 spiro atoms. The highest BCUT2D eigenvalue weighted by Gasteiger charge is 2.45. The molecule has 0 bridgehead atoms. The summed E-state index contributed by atoms with van der Waals surface area (Å²) < 4.78 is 22.6. The van der Waals surface area contributed by atoms with Crippen LogP contribution in [0, 0.1) is 0 Å². The second kappa shape index (κ2) is 4.96. The summed E-state index contributed by atoms with van der Waals surface area (Å²) in [5.41, 5.74) is 1.15. The van der Waals surface area contributed by atoms with Gasteiger partial charge in [0, 0.05) is 0 Å². The summed E-state index contributed by atoms with van der Waals surface area (Å²) in [5, 5.41) is 0. The quantitative estimate of drug-likeness (QED) is 0.835. The minimum atomic E-state index is -0.567. The molecule has 0 saturated carbocycles. The first-order valence-electron chi connectivity index (χ1n) is 6.47. The van der Waals surface area contributed by atoms with Crippen LogP contribution in [-0.4, -0.2) is 24.8 Å². The minimum absolute atomic E-state index is 0.120. The zero-order valence-electron chi connectivity index (χ0n) is 11.2. The molecular weight excluding hydrogens is 244 g/mol. The molecule has 1 aromatic carbocycles. The highest BCUT2D eigenvalue weighted by atomic mass is 16.8. The molecule has 19 heavy (non-hydrogen) atoms. The lowest BCUT2D eigenvalue weighted by Gasteiger charge is -2.18. The molecule has 0 amide bonds. The van der Waals surface area contributed by atoms with Crippen molar-refractivity contribution in [3.05, 3.63) is 47.7 Å². The van der Waals surface area contributed by atoms with Gasteiger partial charge < -0.3 is 18.9 Å². The molecular formula is C15H18O4. The van der Waals surface area contributed by atoms with Crippen LogP contribution in [0.3, 0.4) is 0 Å². The summed E-state index contributed by atoms with van der Waals surface area (Å²) in [5.74, 6) is 0.212. The van der Waals surface area contributed by atoms with E-state index in [9.17, 15) is 0 Å². The normalized spacial score (nSPS) is 27.8. The lowest BCUT2D eigenvalue weighted by Crippen LogP contribution is -2.22. The van der Waals surface area contributed by atoms with Gasteiger partial charge in [-0.1, -0.05) is 30.3 Å². The highest BCUT2D eigenvalue weighted by molar-refractivity contribution is 5.14. The van der Waals surface area contributed by atoms with Crippen LogP contribution < -0.4 is 0 Å². The zero-order valence-corrected chi connectivity index (χ0v) is 11.2. The Morgan fingerprint density at radius 2 is 1.89 bits per heavy atom. The molecule has 0 N–H and O–H groups in total. The molecule has 0 aliphatic carbocycles. The monoisotopic (exact) mass is 262 g/mol. The third-order valence-corrected chi connectivity index (χ3v) is 3.06. The Balaban J connectivity index is 1.48. The molecule has 1 aromatic rings. The first-order chi connectivity index (χ1) is 9.12. The predicted molar refractivity (Wildman–Crippen MR) is 69.1 cm³/mol. The maximum absolute atomic E-state index is 5.69. The van der Waals surface area contributed by atoms with E-state index >= 15 is 0 Å². The van der Waals surface area contributed by atoms with Gasteiger partial charge in [0.2, 0.25) is 6.29 Å². The predicted octanol–water partition coefficient (Wildman–Crippen LogP) is 2.59. The lowest BCUT2D eigenvalue weighted by molar-refractivity contribution is -0.183. The van der Waals surface area contributed by atoms with E-state index in [0.29, 0.717) is 13.2 Å². The van der Waals surface area contributed by atoms with E-state index in [1.165, 1.54) is 0 Å². The fourth-order valence-corrected chi connectivity index (χ4v) is 2.26. The maximum Gasteiger partial charge on any atom is 0.232 e. The molecule has 4 heteroatoms. The summed E-state index contributed by atoms with van der Waals surface area (Å²) >= 11 is 0. The second-order valence-electron chi connectivity index (χ2n) is 5.20. The lowest BCUT2D eigenvalue weighted by atomic mass is 10.2. The molecule has 0 unspecified atom stereocenters. The van der Waals surface area contributed by atoms with Gasteiger partial charge in [-0.25, -0.2) is 0 Å². The first-order valence-corrected chi connectivity index (χ1v) is 6.47. The standard InChI is InChI=1S/C15H18O4/c1-15(2)18-13-8-12(17-14(13)19-15)10-16-9-11-6-4-3-5-7-11/h3-8,13-14H,9-10H2,1-2H3/t13-,14-/m1/s1. The van der Waals surface area contributed by atoms with Crippen LogP contribution in [0.1, 0.15) is 19.4 Å². The molecule has 2 atom stereocenters. The van der Waals surface area contributed by atoms with Gasteiger partial charge in [0.25, 0.3) is 0 Å². The van der Waals surface area contributed by atoms with E-state index in [2.05, 4.69) is 0 Å². The van der Waals surface area contributed by atoms with Gasteiger partial charge in [-0.3, -0.25) is 0 Å². The van der Waals surface area contributed by atoms with Gasteiger partial charge in [0.1, 0.15) is 18.5 Å². The van der Waals surface area contributed by atoms with E-state index in [1.54, 1.807) is 0 Å². The summed E-state index contributed by atoms with van der Waals surface area (Å²) in [6.45, 7) is 4.78. The SMILES string of the molecule is CC1(C)O[C@H]2OC(COCc3ccccc3)=C[C@H]2O1. The Kier molecular flexibility index (Phi) is 3.31. The van der Waals surface area contributed by atoms with Crippen LogP contribution in [0.25, 0.3) is 0 Å². The largest absolute Gasteiger partial charge is 0.464 e. The zero-order chi connectivity index (χ0) is 13.3. The van der Waals surface area contributed by atoms with Crippen molar-refractivity contribution in [2.45, 2.75) is 38.6 Å². The molecule has 0 aromatic heterocycles. The average molecular weight is 262 g/mol. The van der Waals surface area contributed by atoms with Crippen molar-refractivity contribution in [1.29, 1.82) is 0 Å². The van der Waals surface area contributed by atoms with Gasteiger partial charge in [-0.15, -0.1) is 0 Å². The second-order valence-corrected chi connectivity index (χ2v) is 5.20. The summed E-state index contributed by atoms with van der Waals surface area (Å²) in [6.07, 6.45) is 1.49. The van der Waals surface area contributed by atoms with Gasteiger partial charge in [0.05, 0.1) is 6.61 Å². The van der Waals surface area contributed by atoms with E-state index in [4.69, 9.17) is 18.9 Å². The average Bonchev–Trinajstić information content (AvgIpc) is 2.83. The Bertz CT molecular complexity index is 466.